The van der Waals surface area contributed by atoms with Gasteiger partial charge in [0.1, 0.15) is 19.8 Å². The van der Waals surface area contributed by atoms with Gasteiger partial charge in [-0.3, -0.25) is 18.6 Å². The van der Waals surface area contributed by atoms with E-state index in [1.807, 2.05) is 21.1 Å². The standard InChI is InChI=1S/C70H114NO8P/c1-6-8-10-12-14-16-18-20-22-24-26-28-30-31-32-33-34-35-36-37-38-39-41-43-45-47-49-51-53-55-57-59-61-63-70(73)79-68(67-78-80(74,75)77-65-64-71(3,4)5)66-76-69(72)62-60-58-56-54-52-50-48-46-44-42-40-29-27-25-23-21-19-17-15-13-11-9-7-2/h8-11,14-17,20-23,26-29,31-32,34-35,37-38,41,43,47,49,68H,6-7,12-13,18-19,24-25,30,33,36,39-40,42,44-46,48,50-67H2,1-5H3/p+1/b10-8-,11-9-,16-14-,17-15-,22-20-,23-21-,28-26-,29-27-,32-31-,35-34-,38-37-,43-41-,49-47-. The minimum absolute atomic E-state index is 0.0177. The van der Waals surface area contributed by atoms with Crippen LogP contribution in [-0.2, 0) is 32.7 Å². The van der Waals surface area contributed by atoms with Gasteiger partial charge in [-0.05, 0) is 122 Å². The molecule has 0 aliphatic carbocycles. The van der Waals surface area contributed by atoms with E-state index in [4.69, 9.17) is 18.5 Å². The molecule has 0 aromatic rings. The molecule has 0 heterocycles. The zero-order chi connectivity index (χ0) is 58.4. The van der Waals surface area contributed by atoms with Gasteiger partial charge in [0.15, 0.2) is 6.10 Å². The predicted molar refractivity (Wildman–Crippen MR) is 343 cm³/mol. The van der Waals surface area contributed by atoms with Crippen LogP contribution in [0.3, 0.4) is 0 Å². The lowest BCUT2D eigenvalue weighted by Gasteiger charge is -2.24. The summed E-state index contributed by atoms with van der Waals surface area (Å²) in [6.45, 7) is 4.16. The van der Waals surface area contributed by atoms with Crippen molar-refractivity contribution in [3.05, 3.63) is 158 Å². The highest BCUT2D eigenvalue weighted by Gasteiger charge is 2.27. The summed E-state index contributed by atoms with van der Waals surface area (Å²) in [5.74, 6) is -0.836. The zero-order valence-electron chi connectivity index (χ0n) is 51.2. The van der Waals surface area contributed by atoms with Crippen LogP contribution in [0.15, 0.2) is 158 Å². The third-order valence-electron chi connectivity index (χ3n) is 12.6. The highest BCUT2D eigenvalue weighted by atomic mass is 31.2. The van der Waals surface area contributed by atoms with E-state index in [1.165, 1.54) is 38.5 Å². The Morgan fingerprint density at radius 3 is 1.00 bits per heavy atom. The summed E-state index contributed by atoms with van der Waals surface area (Å²) in [6, 6.07) is 0. The number of carbonyl (C=O) groups is 2. The van der Waals surface area contributed by atoms with Gasteiger partial charge in [0.2, 0.25) is 0 Å². The summed E-state index contributed by atoms with van der Waals surface area (Å²) in [5, 5.41) is 0. The van der Waals surface area contributed by atoms with Crippen molar-refractivity contribution in [2.45, 2.75) is 225 Å². The molecule has 0 bridgehead atoms. The van der Waals surface area contributed by atoms with Crippen molar-refractivity contribution < 1.29 is 42.1 Å². The summed E-state index contributed by atoms with van der Waals surface area (Å²) in [7, 11) is 1.44. The highest BCUT2D eigenvalue weighted by molar-refractivity contribution is 7.47. The number of quaternary nitrogens is 1. The number of nitrogens with zero attached hydrogens (tertiary/aromatic N) is 1. The number of hydrogen-bond acceptors (Lipinski definition) is 7. The maximum Gasteiger partial charge on any atom is 0.472 e. The van der Waals surface area contributed by atoms with Crippen LogP contribution in [0.25, 0.3) is 0 Å². The molecule has 0 fully saturated rings. The van der Waals surface area contributed by atoms with E-state index in [9.17, 15) is 19.0 Å². The Balaban J connectivity index is 4.24. The van der Waals surface area contributed by atoms with Gasteiger partial charge in [-0.1, -0.05) is 242 Å². The second-order valence-electron chi connectivity index (χ2n) is 21.3. The molecule has 10 heteroatoms. The largest absolute Gasteiger partial charge is 0.472 e. The van der Waals surface area contributed by atoms with Crippen LogP contribution in [0.2, 0.25) is 0 Å². The van der Waals surface area contributed by atoms with Gasteiger partial charge in [-0.25, -0.2) is 4.57 Å². The van der Waals surface area contributed by atoms with Crippen molar-refractivity contribution in [2.24, 2.45) is 0 Å². The number of likely N-dealkylation sites (N-methyl/N-ethyl adjacent to an activating group) is 1. The molecule has 2 atom stereocenters. The van der Waals surface area contributed by atoms with Gasteiger partial charge in [0.25, 0.3) is 0 Å². The molecule has 0 aromatic heterocycles. The fraction of sp³-hybridized carbons (Fsp3) is 0.600. The van der Waals surface area contributed by atoms with Crippen molar-refractivity contribution in [1.82, 2.24) is 0 Å². The van der Waals surface area contributed by atoms with E-state index in [2.05, 4.69) is 172 Å². The average molecular weight is 1130 g/mol. The van der Waals surface area contributed by atoms with E-state index in [0.717, 1.165) is 148 Å². The third kappa shape index (κ3) is 62.8. The molecule has 0 saturated carbocycles. The summed E-state index contributed by atoms with van der Waals surface area (Å²) >= 11 is 0. The van der Waals surface area contributed by atoms with Gasteiger partial charge in [-0.2, -0.15) is 0 Å². The SMILES string of the molecule is CC/C=C\C/C=C\C/C=C\C/C=C\C/C=C\C/C=C\C/C=C\C/C=C\C/C=C\CCCCCCCC(=O)OC(COC(=O)CCCCCCCCCCCC/C=C\C/C=C\C/C=C\C/C=C\CC)COP(=O)(O)OCC[N+](C)(C)C. The number of allylic oxidation sites excluding steroid dienone is 26. The molecule has 0 saturated heterocycles. The van der Waals surface area contributed by atoms with E-state index < -0.39 is 26.5 Å². The number of unbranched alkanes of at least 4 members (excludes halogenated alkanes) is 15. The van der Waals surface area contributed by atoms with Crippen molar-refractivity contribution >= 4 is 19.8 Å². The Morgan fingerprint density at radius 2 is 0.675 bits per heavy atom. The second-order valence-corrected chi connectivity index (χ2v) is 22.8. The fourth-order valence-electron chi connectivity index (χ4n) is 7.82. The van der Waals surface area contributed by atoms with Gasteiger partial charge in [0.05, 0.1) is 27.7 Å². The summed E-state index contributed by atoms with van der Waals surface area (Å²) in [6.07, 6.45) is 88.8. The van der Waals surface area contributed by atoms with Gasteiger partial charge in [0, 0.05) is 12.8 Å². The molecule has 452 valence electrons. The zero-order valence-corrected chi connectivity index (χ0v) is 52.1. The van der Waals surface area contributed by atoms with Crippen molar-refractivity contribution in [3.63, 3.8) is 0 Å². The van der Waals surface area contributed by atoms with Crippen molar-refractivity contribution in [2.75, 3.05) is 47.5 Å². The number of phosphoric acid groups is 1. The molecule has 9 nitrogen and oxygen atoms in total. The molecule has 80 heavy (non-hydrogen) atoms. The van der Waals surface area contributed by atoms with Crippen LogP contribution >= 0.6 is 7.82 Å². The Bertz CT molecular complexity index is 1900. The van der Waals surface area contributed by atoms with E-state index in [0.29, 0.717) is 17.4 Å². The predicted octanol–water partition coefficient (Wildman–Crippen LogP) is 20.0. The summed E-state index contributed by atoms with van der Waals surface area (Å²) in [4.78, 5) is 35.8. The van der Waals surface area contributed by atoms with Crippen LogP contribution in [0.5, 0.6) is 0 Å². The number of ether oxygens (including phenoxy) is 2. The second kappa shape index (κ2) is 59.3. The maximum atomic E-state index is 12.8. The minimum Gasteiger partial charge on any atom is -0.462 e. The first-order valence-electron chi connectivity index (χ1n) is 31.2. The minimum atomic E-state index is -4.41. The first kappa shape index (κ1) is 75.6. The smallest absolute Gasteiger partial charge is 0.462 e. The summed E-state index contributed by atoms with van der Waals surface area (Å²) < 4.78 is 34.6. The number of esters is 2. The fourth-order valence-corrected chi connectivity index (χ4v) is 8.56. The molecule has 0 radical (unpaired) electrons. The van der Waals surface area contributed by atoms with Crippen molar-refractivity contribution in [3.8, 4) is 0 Å². The van der Waals surface area contributed by atoms with Crippen LogP contribution in [0.4, 0.5) is 0 Å². The molecule has 0 amide bonds. The van der Waals surface area contributed by atoms with E-state index in [1.54, 1.807) is 0 Å². The number of hydrogen-bond donors (Lipinski definition) is 1. The molecular weight excluding hydrogens is 1010 g/mol. The van der Waals surface area contributed by atoms with Crippen LogP contribution in [-0.4, -0.2) is 74.9 Å². The van der Waals surface area contributed by atoms with E-state index >= 15 is 0 Å². The monoisotopic (exact) mass is 1130 g/mol. The molecule has 0 aliphatic rings. The Kier molecular flexibility index (Phi) is 56.0. The lowest BCUT2D eigenvalue weighted by Crippen LogP contribution is -2.37. The first-order valence-corrected chi connectivity index (χ1v) is 32.7. The van der Waals surface area contributed by atoms with E-state index in [-0.39, 0.29) is 32.0 Å². The summed E-state index contributed by atoms with van der Waals surface area (Å²) in [5.41, 5.74) is 0. The number of carbonyl (C=O) groups excluding carboxylic acids is 2. The van der Waals surface area contributed by atoms with Gasteiger partial charge < -0.3 is 18.9 Å². The third-order valence-corrected chi connectivity index (χ3v) is 13.5. The molecular formula is C70H115NO8P+. The Labute approximate surface area is 490 Å². The molecule has 0 aliphatic heterocycles. The van der Waals surface area contributed by atoms with Crippen LogP contribution in [0, 0.1) is 0 Å². The Hall–Kier alpha value is -4.37. The van der Waals surface area contributed by atoms with Gasteiger partial charge in [-0.15, -0.1) is 0 Å². The lowest BCUT2D eigenvalue weighted by molar-refractivity contribution is -0.870. The Morgan fingerprint density at radius 1 is 0.388 bits per heavy atom. The van der Waals surface area contributed by atoms with Crippen LogP contribution < -0.4 is 0 Å². The quantitative estimate of drug-likeness (QED) is 0.0211. The first-order chi connectivity index (χ1) is 39.0. The normalized spacial score (nSPS) is 14.3. The average Bonchev–Trinajstić information content (AvgIpc) is 3.42. The molecule has 0 rings (SSSR count). The molecule has 1 N–H and O–H groups in total. The van der Waals surface area contributed by atoms with Gasteiger partial charge >= 0.3 is 19.8 Å². The topological polar surface area (TPSA) is 108 Å². The molecule has 0 spiro atoms. The van der Waals surface area contributed by atoms with Crippen molar-refractivity contribution in [1.29, 1.82) is 0 Å². The number of phosphoric ester groups is 1. The number of rotatable bonds is 55. The van der Waals surface area contributed by atoms with Crippen LogP contribution in [0.1, 0.15) is 219 Å². The molecule has 0 aromatic carbocycles. The molecule has 2 unspecified atom stereocenters. The maximum absolute atomic E-state index is 12.8. The highest BCUT2D eigenvalue weighted by Crippen LogP contribution is 2.43. The lowest BCUT2D eigenvalue weighted by atomic mass is 10.1.